The standard InChI is InChI=1S/C17H23N3S/c1-19-11-3-4-15(19)9-12-20-13-10-18-17(20)14-5-7-16(21-2)8-6-14/h5-8,10,13,15H,3-4,9,11-12H2,1-2H3/t15-/m1/s1. The van der Waals surface area contributed by atoms with Crippen molar-refractivity contribution in [3.05, 3.63) is 36.7 Å². The van der Waals surface area contributed by atoms with Gasteiger partial charge in [0.05, 0.1) is 0 Å². The molecule has 1 saturated heterocycles. The quantitative estimate of drug-likeness (QED) is 0.785. The van der Waals surface area contributed by atoms with Crippen molar-refractivity contribution in [2.24, 2.45) is 0 Å². The van der Waals surface area contributed by atoms with Crippen LogP contribution in [0.5, 0.6) is 0 Å². The van der Waals surface area contributed by atoms with Crippen LogP contribution < -0.4 is 0 Å². The first-order chi connectivity index (χ1) is 10.3. The molecule has 21 heavy (non-hydrogen) atoms. The summed E-state index contributed by atoms with van der Waals surface area (Å²) in [6, 6.07) is 9.42. The molecule has 0 spiro atoms. The average molecular weight is 301 g/mol. The van der Waals surface area contributed by atoms with Crippen LogP contribution in [0, 0.1) is 0 Å². The highest BCUT2D eigenvalue weighted by Crippen LogP contribution is 2.23. The Morgan fingerprint density at radius 2 is 2.10 bits per heavy atom. The maximum Gasteiger partial charge on any atom is 0.139 e. The summed E-state index contributed by atoms with van der Waals surface area (Å²) in [7, 11) is 2.24. The highest BCUT2D eigenvalue weighted by molar-refractivity contribution is 7.98. The second-order valence-electron chi connectivity index (χ2n) is 5.74. The van der Waals surface area contributed by atoms with Crippen molar-refractivity contribution in [1.82, 2.24) is 14.5 Å². The summed E-state index contributed by atoms with van der Waals surface area (Å²) in [5, 5.41) is 0. The summed E-state index contributed by atoms with van der Waals surface area (Å²) in [5.74, 6) is 1.09. The molecule has 112 valence electrons. The SMILES string of the molecule is CSc1ccc(-c2nccn2CC[C@H]2CCCN2C)cc1. The van der Waals surface area contributed by atoms with E-state index in [9.17, 15) is 0 Å². The molecule has 1 atom stereocenters. The molecule has 0 saturated carbocycles. The number of hydrogen-bond donors (Lipinski definition) is 0. The topological polar surface area (TPSA) is 21.1 Å². The van der Waals surface area contributed by atoms with Gasteiger partial charge in [0, 0.05) is 35.4 Å². The summed E-state index contributed by atoms with van der Waals surface area (Å²) in [6.45, 7) is 2.30. The third kappa shape index (κ3) is 3.33. The molecule has 3 nitrogen and oxygen atoms in total. The Kier molecular flexibility index (Phi) is 4.66. The van der Waals surface area contributed by atoms with Gasteiger partial charge in [-0.3, -0.25) is 0 Å². The summed E-state index contributed by atoms with van der Waals surface area (Å²) in [6.07, 6.45) is 10.0. The van der Waals surface area contributed by atoms with Crippen LogP contribution in [0.4, 0.5) is 0 Å². The average Bonchev–Trinajstić information content (AvgIpc) is 3.14. The molecule has 1 aliphatic heterocycles. The lowest BCUT2D eigenvalue weighted by Gasteiger charge is -2.20. The highest BCUT2D eigenvalue weighted by Gasteiger charge is 2.20. The normalized spacial score (nSPS) is 19.2. The fourth-order valence-corrected chi connectivity index (χ4v) is 3.53. The number of aromatic nitrogens is 2. The zero-order valence-corrected chi connectivity index (χ0v) is 13.6. The largest absolute Gasteiger partial charge is 0.331 e. The Balaban J connectivity index is 1.70. The lowest BCUT2D eigenvalue weighted by Crippen LogP contribution is -2.26. The maximum atomic E-state index is 4.55. The number of likely N-dealkylation sites (tertiary alicyclic amines) is 1. The van der Waals surface area contributed by atoms with E-state index in [0.717, 1.165) is 18.4 Å². The zero-order valence-electron chi connectivity index (χ0n) is 12.8. The molecule has 0 bridgehead atoms. The highest BCUT2D eigenvalue weighted by atomic mass is 32.2. The van der Waals surface area contributed by atoms with E-state index in [1.165, 1.54) is 36.3 Å². The fraction of sp³-hybridized carbons (Fsp3) is 0.471. The number of benzene rings is 1. The molecule has 1 aromatic carbocycles. The van der Waals surface area contributed by atoms with Gasteiger partial charge in [-0.25, -0.2) is 4.98 Å². The van der Waals surface area contributed by atoms with Crippen LogP contribution in [0.2, 0.25) is 0 Å². The van der Waals surface area contributed by atoms with E-state index in [1.807, 2.05) is 6.20 Å². The Morgan fingerprint density at radius 1 is 1.29 bits per heavy atom. The maximum absolute atomic E-state index is 4.55. The number of thioether (sulfide) groups is 1. The van der Waals surface area contributed by atoms with Gasteiger partial charge in [0.2, 0.25) is 0 Å². The van der Waals surface area contributed by atoms with Crippen LogP contribution >= 0.6 is 11.8 Å². The molecule has 0 N–H and O–H groups in total. The van der Waals surface area contributed by atoms with Crippen molar-refractivity contribution in [2.45, 2.75) is 36.7 Å². The number of hydrogen-bond acceptors (Lipinski definition) is 3. The van der Waals surface area contributed by atoms with Gasteiger partial charge in [-0.1, -0.05) is 12.1 Å². The van der Waals surface area contributed by atoms with E-state index in [4.69, 9.17) is 0 Å². The molecule has 3 rings (SSSR count). The van der Waals surface area contributed by atoms with Gasteiger partial charge >= 0.3 is 0 Å². The zero-order chi connectivity index (χ0) is 14.7. The van der Waals surface area contributed by atoms with Crippen LogP contribution in [-0.2, 0) is 6.54 Å². The first kappa shape index (κ1) is 14.7. The lowest BCUT2D eigenvalue weighted by molar-refractivity contribution is 0.286. The second-order valence-corrected chi connectivity index (χ2v) is 6.62. The summed E-state index contributed by atoms with van der Waals surface area (Å²) < 4.78 is 2.29. The van der Waals surface area contributed by atoms with E-state index in [0.29, 0.717) is 0 Å². The van der Waals surface area contributed by atoms with Crippen molar-refractivity contribution in [3.8, 4) is 11.4 Å². The predicted molar refractivity (Wildman–Crippen MR) is 89.7 cm³/mol. The smallest absolute Gasteiger partial charge is 0.139 e. The molecule has 1 fully saturated rings. The molecule has 1 aliphatic rings. The lowest BCUT2D eigenvalue weighted by atomic mass is 10.1. The minimum absolute atomic E-state index is 0.735. The minimum Gasteiger partial charge on any atom is -0.331 e. The fourth-order valence-electron chi connectivity index (χ4n) is 3.12. The third-order valence-electron chi connectivity index (χ3n) is 4.44. The monoisotopic (exact) mass is 301 g/mol. The predicted octanol–water partition coefficient (Wildman–Crippen LogP) is 3.76. The first-order valence-corrected chi connectivity index (χ1v) is 8.86. The second kappa shape index (κ2) is 6.67. The molecule has 0 amide bonds. The van der Waals surface area contributed by atoms with E-state index in [-0.39, 0.29) is 0 Å². The number of aryl methyl sites for hydroxylation is 1. The van der Waals surface area contributed by atoms with E-state index in [1.54, 1.807) is 11.8 Å². The summed E-state index contributed by atoms with van der Waals surface area (Å²) >= 11 is 1.77. The number of imidazole rings is 1. The van der Waals surface area contributed by atoms with Gasteiger partial charge in [-0.15, -0.1) is 11.8 Å². The van der Waals surface area contributed by atoms with Gasteiger partial charge in [0.1, 0.15) is 5.82 Å². The number of rotatable bonds is 5. The van der Waals surface area contributed by atoms with Crippen molar-refractivity contribution < 1.29 is 0 Å². The Bertz CT molecular complexity index is 576. The van der Waals surface area contributed by atoms with Crippen molar-refractivity contribution in [2.75, 3.05) is 19.8 Å². The van der Waals surface area contributed by atoms with Gasteiger partial charge in [0.15, 0.2) is 0 Å². The molecule has 2 aromatic rings. The molecule has 1 aromatic heterocycles. The van der Waals surface area contributed by atoms with Crippen molar-refractivity contribution in [1.29, 1.82) is 0 Å². The Morgan fingerprint density at radius 3 is 2.76 bits per heavy atom. The van der Waals surface area contributed by atoms with Crippen molar-refractivity contribution in [3.63, 3.8) is 0 Å². The molecule has 0 radical (unpaired) electrons. The molecular formula is C17H23N3S. The van der Waals surface area contributed by atoms with Gasteiger partial charge in [0.25, 0.3) is 0 Å². The van der Waals surface area contributed by atoms with Crippen LogP contribution in [-0.4, -0.2) is 40.3 Å². The third-order valence-corrected chi connectivity index (χ3v) is 5.18. The van der Waals surface area contributed by atoms with E-state index >= 15 is 0 Å². The minimum atomic E-state index is 0.735. The van der Waals surface area contributed by atoms with E-state index < -0.39 is 0 Å². The van der Waals surface area contributed by atoms with Crippen molar-refractivity contribution >= 4 is 11.8 Å². The Labute approximate surface area is 131 Å². The molecular weight excluding hydrogens is 278 g/mol. The van der Waals surface area contributed by atoms with Gasteiger partial charge < -0.3 is 9.47 Å². The Hall–Kier alpha value is -1.26. The first-order valence-electron chi connectivity index (χ1n) is 7.64. The van der Waals surface area contributed by atoms with Crippen LogP contribution in [0.1, 0.15) is 19.3 Å². The molecule has 0 unspecified atom stereocenters. The van der Waals surface area contributed by atoms with Crippen LogP contribution in [0.3, 0.4) is 0 Å². The number of nitrogens with zero attached hydrogens (tertiary/aromatic N) is 3. The summed E-state index contributed by atoms with van der Waals surface area (Å²) in [4.78, 5) is 8.33. The van der Waals surface area contributed by atoms with Crippen LogP contribution in [0.15, 0.2) is 41.6 Å². The van der Waals surface area contributed by atoms with E-state index in [2.05, 4.69) is 58.2 Å². The van der Waals surface area contributed by atoms with Crippen LogP contribution in [0.25, 0.3) is 11.4 Å². The molecule has 0 aliphatic carbocycles. The van der Waals surface area contributed by atoms with Gasteiger partial charge in [-0.2, -0.15) is 0 Å². The van der Waals surface area contributed by atoms with Gasteiger partial charge in [-0.05, 0) is 51.2 Å². The molecule has 2 heterocycles. The molecule has 4 heteroatoms. The summed E-state index contributed by atoms with van der Waals surface area (Å²) in [5.41, 5.74) is 1.21.